The topological polar surface area (TPSA) is 58.2 Å². The second-order valence-corrected chi connectivity index (χ2v) is 19.6. The number of benzene rings is 4. The van der Waals surface area contributed by atoms with Gasteiger partial charge in [0, 0.05) is 0 Å². The average Bonchev–Trinajstić information content (AvgIpc) is 3.79. The molecule has 0 heterocycles. The number of hydrogen-bond acceptors (Lipinski definition) is 2. The van der Waals surface area contributed by atoms with Crippen molar-refractivity contribution in [3.05, 3.63) is 131 Å². The molecule has 2 N–H and O–H groups in total. The molecular formula is C46H54BCl2N2O2Zr. The van der Waals surface area contributed by atoms with Crippen molar-refractivity contribution in [2.24, 2.45) is 0 Å². The summed E-state index contributed by atoms with van der Waals surface area (Å²) in [7, 11) is 11.0. The zero-order valence-corrected chi connectivity index (χ0v) is 37.3. The van der Waals surface area contributed by atoms with Gasteiger partial charge in [-0.1, -0.05) is 141 Å². The van der Waals surface area contributed by atoms with E-state index in [-0.39, 0.29) is 10.8 Å². The normalized spacial score (nSPS) is 11.0. The molecular weight excluding hydrogens is 785 g/mol. The molecule has 6 aromatic rings. The average molecular weight is 840 g/mol. The first kappa shape index (κ1) is 45.0. The van der Waals surface area contributed by atoms with E-state index < -0.39 is 20.8 Å². The molecule has 8 heteroatoms. The van der Waals surface area contributed by atoms with Gasteiger partial charge in [0.2, 0.25) is 0 Å². The Morgan fingerprint density at radius 1 is 0.574 bits per heavy atom. The molecule has 0 atom stereocenters. The SMILES string of the molecule is CC(C)c1ccccc1-c1cccc2[cH-]c(C(C)(C)C)cc12.CC(C)c1ccccc1-c1cccc2[cH-]c(C(C)(C)C)cc12.O=CN[B]NC=O.[Cl][Zr+2][Cl]. The third-order valence-electron chi connectivity index (χ3n) is 9.28. The minimum atomic E-state index is -0.826. The van der Waals surface area contributed by atoms with E-state index >= 15 is 0 Å². The van der Waals surface area contributed by atoms with E-state index in [2.05, 4.69) is 189 Å². The van der Waals surface area contributed by atoms with Crippen molar-refractivity contribution in [1.29, 1.82) is 0 Å². The molecule has 0 saturated heterocycles. The number of nitrogens with one attached hydrogen (secondary N) is 2. The van der Waals surface area contributed by atoms with Gasteiger partial charge in [-0.15, -0.1) is 69.1 Å². The van der Waals surface area contributed by atoms with Crippen LogP contribution in [0, 0.1) is 0 Å². The fourth-order valence-electron chi connectivity index (χ4n) is 6.41. The molecule has 0 aliphatic heterocycles. The van der Waals surface area contributed by atoms with Crippen LogP contribution in [0.2, 0.25) is 0 Å². The third-order valence-corrected chi connectivity index (χ3v) is 9.28. The van der Waals surface area contributed by atoms with E-state index in [1.54, 1.807) is 0 Å². The Morgan fingerprint density at radius 2 is 0.907 bits per heavy atom. The van der Waals surface area contributed by atoms with E-state index in [0.29, 0.717) is 24.7 Å². The summed E-state index contributed by atoms with van der Waals surface area (Å²) >= 11 is -0.826. The summed E-state index contributed by atoms with van der Waals surface area (Å²) in [5.41, 5.74) is 11.5. The van der Waals surface area contributed by atoms with Gasteiger partial charge in [-0.05, 0) is 44.9 Å². The van der Waals surface area contributed by atoms with Crippen LogP contribution in [0.15, 0.2) is 109 Å². The maximum absolute atomic E-state index is 9.38. The second-order valence-electron chi connectivity index (χ2n) is 15.9. The first-order valence-electron chi connectivity index (χ1n) is 18.3. The molecule has 6 aromatic carbocycles. The van der Waals surface area contributed by atoms with Crippen LogP contribution in [0.4, 0.5) is 0 Å². The van der Waals surface area contributed by atoms with E-state index in [1.165, 1.54) is 66.1 Å². The Bertz CT molecular complexity index is 1940. The van der Waals surface area contributed by atoms with Gasteiger partial charge >= 0.3 is 45.4 Å². The number of carbonyl (C=O) groups excluding carboxylic acids is 2. The van der Waals surface area contributed by atoms with Gasteiger partial charge in [0.25, 0.3) is 0 Å². The van der Waals surface area contributed by atoms with Gasteiger partial charge in [0.1, 0.15) is 0 Å². The Balaban J connectivity index is 0.000000233. The molecule has 2 amide bonds. The minimum absolute atomic E-state index is 0.188. The third kappa shape index (κ3) is 12.3. The van der Waals surface area contributed by atoms with Crippen LogP contribution < -0.4 is 10.5 Å². The predicted molar refractivity (Wildman–Crippen MR) is 231 cm³/mol. The van der Waals surface area contributed by atoms with Crippen LogP contribution in [-0.4, -0.2) is 20.4 Å². The number of hydrogen-bond donors (Lipinski definition) is 2. The fraction of sp³-hybridized carbons (Fsp3) is 0.304. The first-order chi connectivity index (χ1) is 25.6. The Morgan fingerprint density at radius 3 is 1.22 bits per heavy atom. The monoisotopic (exact) mass is 837 g/mol. The van der Waals surface area contributed by atoms with Crippen LogP contribution in [0.1, 0.15) is 103 Å². The summed E-state index contributed by atoms with van der Waals surface area (Å²) in [4.78, 5) is 18.8. The molecule has 4 nitrogen and oxygen atoms in total. The van der Waals surface area contributed by atoms with Gasteiger partial charge in [-0.2, -0.15) is 12.1 Å². The van der Waals surface area contributed by atoms with Crippen molar-refractivity contribution in [3.8, 4) is 22.3 Å². The molecule has 0 spiro atoms. The first-order valence-corrected chi connectivity index (χ1v) is 24.7. The van der Waals surface area contributed by atoms with Crippen molar-refractivity contribution in [1.82, 2.24) is 10.5 Å². The van der Waals surface area contributed by atoms with Crippen LogP contribution in [0.5, 0.6) is 0 Å². The molecule has 281 valence electrons. The van der Waals surface area contributed by atoms with Crippen molar-refractivity contribution in [2.75, 3.05) is 0 Å². The molecule has 0 aliphatic carbocycles. The van der Waals surface area contributed by atoms with Crippen molar-refractivity contribution in [3.63, 3.8) is 0 Å². The van der Waals surface area contributed by atoms with Crippen LogP contribution >= 0.6 is 17.0 Å². The van der Waals surface area contributed by atoms with Gasteiger partial charge < -0.3 is 10.5 Å². The zero-order chi connectivity index (χ0) is 40.1. The molecule has 0 saturated carbocycles. The van der Waals surface area contributed by atoms with Crippen LogP contribution in [0.25, 0.3) is 43.8 Å². The molecule has 0 unspecified atom stereocenters. The Hall–Kier alpha value is -3.43. The Kier molecular flexibility index (Phi) is 17.5. The van der Waals surface area contributed by atoms with E-state index in [9.17, 15) is 9.59 Å². The van der Waals surface area contributed by atoms with Crippen molar-refractivity contribution >= 4 is 58.9 Å². The molecule has 54 heavy (non-hydrogen) atoms. The van der Waals surface area contributed by atoms with Crippen LogP contribution in [0.3, 0.4) is 0 Å². The quantitative estimate of drug-likeness (QED) is 0.0694. The number of halogens is 2. The fourth-order valence-corrected chi connectivity index (χ4v) is 6.41. The second kappa shape index (κ2) is 21.0. The molecule has 0 aromatic heterocycles. The van der Waals surface area contributed by atoms with Gasteiger partial charge in [-0.25, -0.2) is 0 Å². The molecule has 6 rings (SSSR count). The molecule has 0 bridgehead atoms. The van der Waals surface area contributed by atoms with Gasteiger partial charge in [-0.3, -0.25) is 9.59 Å². The zero-order valence-electron chi connectivity index (χ0n) is 33.4. The number of rotatable bonds is 8. The van der Waals surface area contributed by atoms with E-state index in [4.69, 9.17) is 17.0 Å². The van der Waals surface area contributed by atoms with Crippen molar-refractivity contribution in [2.45, 2.75) is 91.9 Å². The standard InChI is InChI=1S/2C22H25.C2H4BN2O2.2ClH.Zr/c2*1-15(2)18-10-6-7-11-19(18)20-12-8-9-16-13-17(14-21(16)20)22(3,4)5;6-1-4-3-5-2-7;;;/h2*6-15H,1-5H3;1-2H,(H,4,6)(H,5,7);2*1H;/q2*-1;;;;+4/p-2. The predicted octanol–water partition coefficient (Wildman–Crippen LogP) is 12.7. The molecule has 0 fully saturated rings. The number of carbonyl (C=O) groups is 2. The van der Waals surface area contributed by atoms with E-state index in [0.717, 1.165) is 7.55 Å². The van der Waals surface area contributed by atoms with Crippen molar-refractivity contribution < 1.29 is 30.4 Å². The van der Waals surface area contributed by atoms with Gasteiger partial charge in [0.05, 0.1) is 0 Å². The summed E-state index contributed by atoms with van der Waals surface area (Å²) < 4.78 is 0. The molecule has 0 aliphatic rings. The molecule has 1 radical (unpaired) electrons. The number of fused-ring (bicyclic) bond motifs is 2. The summed E-state index contributed by atoms with van der Waals surface area (Å²) in [5.74, 6) is 1.06. The summed E-state index contributed by atoms with van der Waals surface area (Å²) in [5, 5.41) is 9.65. The maximum atomic E-state index is 9.38. The van der Waals surface area contributed by atoms with E-state index in [1.807, 2.05) is 0 Å². The van der Waals surface area contributed by atoms with Gasteiger partial charge in [0.15, 0.2) is 12.8 Å². The summed E-state index contributed by atoms with van der Waals surface area (Å²) in [6.07, 6.45) is 0.910. The summed E-state index contributed by atoms with van der Waals surface area (Å²) in [6, 6.07) is 40.4. The summed E-state index contributed by atoms with van der Waals surface area (Å²) in [6.45, 7) is 22.8. The van der Waals surface area contributed by atoms with Crippen LogP contribution in [-0.2, 0) is 41.3 Å². The number of amides is 2. The Labute approximate surface area is 343 Å².